The van der Waals surface area contributed by atoms with Crippen molar-refractivity contribution in [2.45, 2.75) is 57.5 Å². The first kappa shape index (κ1) is 13.0. The summed E-state index contributed by atoms with van der Waals surface area (Å²) in [5, 5.41) is 4.61. The molecule has 3 heteroatoms. The highest BCUT2D eigenvalue weighted by molar-refractivity contribution is 7.99. The van der Waals surface area contributed by atoms with E-state index < -0.39 is 0 Å². The van der Waals surface area contributed by atoms with Gasteiger partial charge in [0.15, 0.2) is 0 Å². The van der Waals surface area contributed by atoms with E-state index >= 15 is 0 Å². The highest BCUT2D eigenvalue weighted by Crippen LogP contribution is 2.29. The molecular weight excluding hydrogens is 228 g/mol. The predicted octanol–water partition coefficient (Wildman–Crippen LogP) is 3.27. The van der Waals surface area contributed by atoms with Crippen LogP contribution >= 0.6 is 11.8 Å². The number of rotatable bonds is 6. The maximum atomic E-state index is 3.71. The Hall–Kier alpha value is -0.410. The van der Waals surface area contributed by atoms with Crippen LogP contribution in [0.2, 0.25) is 0 Å². The second-order valence-electron chi connectivity index (χ2n) is 4.75. The predicted molar refractivity (Wildman–Crippen MR) is 76.5 cm³/mol. The van der Waals surface area contributed by atoms with Gasteiger partial charge in [0.05, 0.1) is 0 Å². The van der Waals surface area contributed by atoms with Crippen LogP contribution in [0.5, 0.6) is 0 Å². The zero-order chi connectivity index (χ0) is 12.1. The number of hydrogen-bond acceptors (Lipinski definition) is 2. The molecule has 2 nitrogen and oxygen atoms in total. The highest BCUT2D eigenvalue weighted by atomic mass is 32.2. The Labute approximate surface area is 109 Å². The molecule has 0 aliphatic heterocycles. The molecule has 1 N–H and O–H groups in total. The molecule has 1 saturated carbocycles. The number of nitrogens with one attached hydrogen (secondary N) is 1. The quantitative estimate of drug-likeness (QED) is 0.837. The molecule has 2 unspecified atom stereocenters. The molecule has 1 aromatic rings. The van der Waals surface area contributed by atoms with Gasteiger partial charge in [-0.05, 0) is 44.1 Å². The van der Waals surface area contributed by atoms with Gasteiger partial charge in [0.25, 0.3) is 0 Å². The molecule has 1 aliphatic rings. The summed E-state index contributed by atoms with van der Waals surface area (Å²) in [4.78, 5) is 0. The van der Waals surface area contributed by atoms with Gasteiger partial charge in [-0.15, -0.1) is 0 Å². The molecule has 0 bridgehead atoms. The number of aryl methyl sites for hydroxylation is 1. The van der Waals surface area contributed by atoms with E-state index in [4.69, 9.17) is 0 Å². The average Bonchev–Trinajstić information content (AvgIpc) is 2.95. The van der Waals surface area contributed by atoms with Gasteiger partial charge in [0, 0.05) is 36.3 Å². The number of aromatic nitrogens is 1. The average molecular weight is 252 g/mol. The van der Waals surface area contributed by atoms with Crippen LogP contribution in [0.1, 0.15) is 38.8 Å². The molecular formula is C14H24N2S. The van der Waals surface area contributed by atoms with Crippen molar-refractivity contribution in [1.82, 2.24) is 9.88 Å². The molecule has 96 valence electrons. The SMILES string of the molecule is CCSC1CCC(NCc2cccn2CC)C1. The van der Waals surface area contributed by atoms with Gasteiger partial charge < -0.3 is 9.88 Å². The normalized spacial score (nSPS) is 24.4. The van der Waals surface area contributed by atoms with Gasteiger partial charge in [0.2, 0.25) is 0 Å². The lowest BCUT2D eigenvalue weighted by atomic mass is 10.2. The van der Waals surface area contributed by atoms with Crippen molar-refractivity contribution in [2.75, 3.05) is 5.75 Å². The van der Waals surface area contributed by atoms with Crippen LogP contribution in [0.4, 0.5) is 0 Å². The molecule has 0 saturated heterocycles. The Kier molecular flexibility index (Phi) is 4.99. The fraction of sp³-hybridized carbons (Fsp3) is 0.714. The fourth-order valence-electron chi connectivity index (χ4n) is 2.68. The Morgan fingerprint density at radius 2 is 2.29 bits per heavy atom. The largest absolute Gasteiger partial charge is 0.351 e. The van der Waals surface area contributed by atoms with Gasteiger partial charge in [-0.2, -0.15) is 11.8 Å². The monoisotopic (exact) mass is 252 g/mol. The molecule has 1 aliphatic carbocycles. The number of hydrogen-bond donors (Lipinski definition) is 1. The minimum absolute atomic E-state index is 0.735. The Morgan fingerprint density at radius 3 is 3.06 bits per heavy atom. The lowest BCUT2D eigenvalue weighted by Crippen LogP contribution is -2.27. The summed E-state index contributed by atoms with van der Waals surface area (Å²) < 4.78 is 2.32. The number of nitrogens with zero attached hydrogens (tertiary/aromatic N) is 1. The first-order chi connectivity index (χ1) is 8.33. The molecule has 0 amide bonds. The summed E-state index contributed by atoms with van der Waals surface area (Å²) in [7, 11) is 0. The molecule has 2 rings (SSSR count). The van der Waals surface area contributed by atoms with Crippen molar-refractivity contribution in [3.8, 4) is 0 Å². The van der Waals surface area contributed by atoms with Crippen molar-refractivity contribution in [1.29, 1.82) is 0 Å². The third-order valence-electron chi connectivity index (χ3n) is 3.62. The first-order valence-corrected chi connectivity index (χ1v) is 7.87. The zero-order valence-corrected chi connectivity index (χ0v) is 11.8. The maximum Gasteiger partial charge on any atom is 0.0361 e. The van der Waals surface area contributed by atoms with E-state index in [1.165, 1.54) is 30.7 Å². The van der Waals surface area contributed by atoms with Crippen LogP contribution in [0, 0.1) is 0 Å². The Morgan fingerprint density at radius 1 is 1.41 bits per heavy atom. The summed E-state index contributed by atoms with van der Waals surface area (Å²) in [5.41, 5.74) is 1.42. The highest BCUT2D eigenvalue weighted by Gasteiger charge is 2.23. The van der Waals surface area contributed by atoms with Gasteiger partial charge in [-0.25, -0.2) is 0 Å². The first-order valence-electron chi connectivity index (χ1n) is 6.82. The topological polar surface area (TPSA) is 17.0 Å². The Bertz CT molecular complexity index is 335. The molecule has 17 heavy (non-hydrogen) atoms. The van der Waals surface area contributed by atoms with Gasteiger partial charge in [-0.3, -0.25) is 0 Å². The van der Waals surface area contributed by atoms with Crippen LogP contribution in [0.25, 0.3) is 0 Å². The smallest absolute Gasteiger partial charge is 0.0361 e. The van der Waals surface area contributed by atoms with Gasteiger partial charge in [-0.1, -0.05) is 6.92 Å². The molecule has 0 spiro atoms. The molecule has 1 aromatic heterocycles. The molecule has 0 radical (unpaired) electrons. The zero-order valence-electron chi connectivity index (χ0n) is 11.0. The standard InChI is InChI=1S/C14H24N2S/c1-3-16-9-5-6-13(16)11-15-12-7-8-14(10-12)17-4-2/h5-6,9,12,14-15H,3-4,7-8,10-11H2,1-2H3. The summed E-state index contributed by atoms with van der Waals surface area (Å²) in [5.74, 6) is 1.26. The summed E-state index contributed by atoms with van der Waals surface area (Å²) in [6, 6.07) is 5.11. The summed E-state index contributed by atoms with van der Waals surface area (Å²) in [6.07, 6.45) is 6.27. The van der Waals surface area contributed by atoms with Crippen molar-refractivity contribution in [3.05, 3.63) is 24.0 Å². The van der Waals surface area contributed by atoms with Crippen LogP contribution in [-0.2, 0) is 13.1 Å². The third kappa shape index (κ3) is 3.52. The molecule has 1 fully saturated rings. The minimum atomic E-state index is 0.735. The lowest BCUT2D eigenvalue weighted by Gasteiger charge is -2.14. The van der Waals surface area contributed by atoms with Gasteiger partial charge in [0.1, 0.15) is 0 Å². The lowest BCUT2D eigenvalue weighted by molar-refractivity contribution is 0.509. The van der Waals surface area contributed by atoms with E-state index in [1.807, 2.05) is 0 Å². The minimum Gasteiger partial charge on any atom is -0.351 e. The summed E-state index contributed by atoms with van der Waals surface area (Å²) >= 11 is 2.13. The van der Waals surface area contributed by atoms with Crippen LogP contribution in [-0.4, -0.2) is 21.6 Å². The maximum absolute atomic E-state index is 3.71. The van der Waals surface area contributed by atoms with Crippen LogP contribution in [0.15, 0.2) is 18.3 Å². The number of thioether (sulfide) groups is 1. The molecule has 0 aromatic carbocycles. The van der Waals surface area contributed by atoms with E-state index in [-0.39, 0.29) is 0 Å². The van der Waals surface area contributed by atoms with Gasteiger partial charge >= 0.3 is 0 Å². The van der Waals surface area contributed by atoms with Crippen LogP contribution < -0.4 is 5.32 Å². The van der Waals surface area contributed by atoms with E-state index in [9.17, 15) is 0 Å². The van der Waals surface area contributed by atoms with Crippen molar-refractivity contribution in [3.63, 3.8) is 0 Å². The van der Waals surface area contributed by atoms with Crippen molar-refractivity contribution in [2.24, 2.45) is 0 Å². The van der Waals surface area contributed by atoms with Crippen molar-refractivity contribution < 1.29 is 0 Å². The molecule has 2 atom stereocenters. The second kappa shape index (κ2) is 6.50. The van der Waals surface area contributed by atoms with E-state index in [1.54, 1.807) is 0 Å². The van der Waals surface area contributed by atoms with Crippen LogP contribution in [0.3, 0.4) is 0 Å². The third-order valence-corrected chi connectivity index (χ3v) is 4.86. The fourth-order valence-corrected chi connectivity index (χ4v) is 3.82. The van der Waals surface area contributed by atoms with E-state index in [0.29, 0.717) is 0 Å². The van der Waals surface area contributed by atoms with E-state index in [2.05, 4.69) is 53.8 Å². The van der Waals surface area contributed by atoms with Crippen molar-refractivity contribution >= 4 is 11.8 Å². The molecule has 1 heterocycles. The van der Waals surface area contributed by atoms with E-state index in [0.717, 1.165) is 24.4 Å². The second-order valence-corrected chi connectivity index (χ2v) is 6.33. The Balaban J connectivity index is 1.76. The summed E-state index contributed by atoms with van der Waals surface area (Å²) in [6.45, 7) is 6.56.